The number of aliphatic hydroxyl groups is 5. The second-order valence-electron chi connectivity index (χ2n) is 10.3. The molecule has 226 valence electrons. The molecule has 40 heavy (non-hydrogen) atoms. The molecule has 0 aromatic heterocycles. The van der Waals surface area contributed by atoms with Gasteiger partial charge in [-0.05, 0) is 30.0 Å². The van der Waals surface area contributed by atoms with Gasteiger partial charge in [-0.2, -0.15) is 0 Å². The summed E-state index contributed by atoms with van der Waals surface area (Å²) in [6, 6.07) is 1.40. The molecule has 0 spiro atoms. The Bertz CT molecular complexity index is 1020. The summed E-state index contributed by atoms with van der Waals surface area (Å²) in [5, 5.41) is 85.9. The van der Waals surface area contributed by atoms with Crippen molar-refractivity contribution in [2.45, 2.75) is 88.4 Å². The molecule has 0 saturated carbocycles. The predicted molar refractivity (Wildman–Crippen MR) is 134 cm³/mol. The summed E-state index contributed by atoms with van der Waals surface area (Å²) < 4.78 is 17.1. The molecule has 0 radical (unpaired) electrons. The van der Waals surface area contributed by atoms with E-state index < -0.39 is 96.8 Å². The quantitative estimate of drug-likeness (QED) is 0.132. The molecule has 2 aliphatic heterocycles. The zero-order valence-electron chi connectivity index (χ0n) is 22.2. The lowest BCUT2D eigenvalue weighted by atomic mass is 9.87. The lowest BCUT2D eigenvalue weighted by Gasteiger charge is -2.48. The second-order valence-corrected chi connectivity index (χ2v) is 10.3. The number of benzene rings is 1. The number of ether oxygens (including phenoxy) is 3. The van der Waals surface area contributed by atoms with Gasteiger partial charge in [0.1, 0.15) is 36.6 Å². The molecule has 2 heterocycles. The molecular weight excluding hydrogens is 536 g/mol. The van der Waals surface area contributed by atoms with E-state index in [-0.39, 0.29) is 18.9 Å². The van der Waals surface area contributed by atoms with Crippen molar-refractivity contribution in [3.63, 3.8) is 0 Å². The summed E-state index contributed by atoms with van der Waals surface area (Å²) >= 11 is 0. The first kappa shape index (κ1) is 31.8. The number of carbonyl (C=O) groups is 2. The van der Waals surface area contributed by atoms with Gasteiger partial charge in [0.05, 0.1) is 18.8 Å². The SMILES string of the molecule is CC(=O)NC1C(C(C)C)OC(CO)C(O)C1OC1OC(C(=O)NCCc2cc(O)c(O)c(O)c2)C(O)C(O)C1O. The number of aromatic hydroxyl groups is 3. The van der Waals surface area contributed by atoms with Crippen LogP contribution >= 0.6 is 0 Å². The highest BCUT2D eigenvalue weighted by molar-refractivity contribution is 5.81. The summed E-state index contributed by atoms with van der Waals surface area (Å²) in [7, 11) is 0. The average molecular weight is 575 g/mol. The van der Waals surface area contributed by atoms with E-state index >= 15 is 0 Å². The minimum Gasteiger partial charge on any atom is -0.504 e. The van der Waals surface area contributed by atoms with Crippen LogP contribution in [-0.2, 0) is 30.2 Å². The van der Waals surface area contributed by atoms with Crippen molar-refractivity contribution < 1.29 is 64.7 Å². The van der Waals surface area contributed by atoms with Crippen LogP contribution in [0.3, 0.4) is 0 Å². The molecule has 0 aliphatic carbocycles. The lowest BCUT2D eigenvalue weighted by molar-refractivity contribution is -0.325. The van der Waals surface area contributed by atoms with E-state index in [0.29, 0.717) is 5.56 Å². The van der Waals surface area contributed by atoms with Gasteiger partial charge in [-0.25, -0.2) is 0 Å². The lowest BCUT2D eigenvalue weighted by Crippen LogP contribution is -2.68. The Hall–Kier alpha value is -2.76. The molecule has 2 amide bonds. The number of amides is 2. The molecule has 0 bridgehead atoms. The maximum atomic E-state index is 12.8. The third-order valence-corrected chi connectivity index (χ3v) is 6.93. The minimum atomic E-state index is -1.90. The van der Waals surface area contributed by atoms with Crippen LogP contribution in [0.4, 0.5) is 0 Å². The molecule has 10 N–H and O–H groups in total. The van der Waals surface area contributed by atoms with E-state index in [1.54, 1.807) is 13.8 Å². The van der Waals surface area contributed by atoms with Gasteiger partial charge in [0.15, 0.2) is 29.6 Å². The van der Waals surface area contributed by atoms with E-state index in [4.69, 9.17) is 14.2 Å². The maximum absolute atomic E-state index is 12.8. The van der Waals surface area contributed by atoms with Crippen molar-refractivity contribution in [3.05, 3.63) is 17.7 Å². The highest BCUT2D eigenvalue weighted by Crippen LogP contribution is 2.35. The summed E-state index contributed by atoms with van der Waals surface area (Å²) in [5.74, 6) is -3.38. The van der Waals surface area contributed by atoms with Crippen LogP contribution in [0.2, 0.25) is 0 Å². The number of nitrogens with one attached hydrogen (secondary N) is 2. The number of hydrogen-bond donors (Lipinski definition) is 10. The van der Waals surface area contributed by atoms with Gasteiger partial charge < -0.3 is 65.7 Å². The molecule has 15 nitrogen and oxygen atoms in total. The first-order valence-electron chi connectivity index (χ1n) is 12.8. The zero-order valence-corrected chi connectivity index (χ0v) is 22.2. The molecule has 2 fully saturated rings. The van der Waals surface area contributed by atoms with E-state index in [0.717, 1.165) is 0 Å². The van der Waals surface area contributed by atoms with E-state index in [2.05, 4.69) is 10.6 Å². The van der Waals surface area contributed by atoms with E-state index in [1.165, 1.54) is 19.1 Å². The Morgan fingerprint density at radius 2 is 1.60 bits per heavy atom. The van der Waals surface area contributed by atoms with Gasteiger partial charge in [0, 0.05) is 13.5 Å². The Labute approximate surface area is 229 Å². The first-order chi connectivity index (χ1) is 18.8. The molecule has 1 aromatic carbocycles. The predicted octanol–water partition coefficient (Wildman–Crippen LogP) is -3.06. The van der Waals surface area contributed by atoms with Crippen LogP contribution in [0, 0.1) is 5.92 Å². The Kier molecular flexibility index (Phi) is 10.5. The number of carbonyl (C=O) groups excluding carboxylic acids is 2. The van der Waals surface area contributed by atoms with Crippen molar-refractivity contribution in [3.8, 4) is 17.2 Å². The summed E-state index contributed by atoms with van der Waals surface area (Å²) in [6.45, 7) is 4.16. The van der Waals surface area contributed by atoms with Gasteiger partial charge in [-0.3, -0.25) is 9.59 Å². The van der Waals surface area contributed by atoms with Gasteiger partial charge in [-0.1, -0.05) is 13.8 Å². The zero-order chi connectivity index (χ0) is 29.9. The van der Waals surface area contributed by atoms with Gasteiger partial charge in [0.25, 0.3) is 5.91 Å². The van der Waals surface area contributed by atoms with E-state index in [9.17, 15) is 50.4 Å². The maximum Gasteiger partial charge on any atom is 0.252 e. The standard InChI is InChI=1S/C25H38N2O13/c1-9(2)21-15(27-10(3)29)22(17(33)14(8-28)38-21)39-25-20(36)18(34)19(35)23(40-25)24(37)26-5-4-11-6-12(30)16(32)13(31)7-11/h6-7,9,14-15,17-23,25,28,30-36H,4-5,8H2,1-3H3,(H,26,37)(H,27,29). The van der Waals surface area contributed by atoms with Crippen LogP contribution in [0.5, 0.6) is 17.2 Å². The fourth-order valence-corrected chi connectivity index (χ4v) is 4.83. The van der Waals surface area contributed by atoms with Crippen LogP contribution in [0.25, 0.3) is 0 Å². The number of hydrogen-bond acceptors (Lipinski definition) is 13. The van der Waals surface area contributed by atoms with Crippen molar-refractivity contribution in [1.82, 2.24) is 10.6 Å². The van der Waals surface area contributed by atoms with Crippen LogP contribution < -0.4 is 10.6 Å². The monoisotopic (exact) mass is 574 g/mol. The average Bonchev–Trinajstić information content (AvgIpc) is 2.88. The van der Waals surface area contributed by atoms with Gasteiger partial charge in [-0.15, -0.1) is 0 Å². The van der Waals surface area contributed by atoms with Gasteiger partial charge in [0.2, 0.25) is 5.91 Å². The molecule has 15 heteroatoms. The Morgan fingerprint density at radius 1 is 0.975 bits per heavy atom. The highest BCUT2D eigenvalue weighted by atomic mass is 16.7. The third kappa shape index (κ3) is 6.92. The number of phenols is 3. The summed E-state index contributed by atoms with van der Waals surface area (Å²) in [6.07, 6.45) is -13.7. The largest absolute Gasteiger partial charge is 0.504 e. The van der Waals surface area contributed by atoms with Crippen LogP contribution in [-0.4, -0.2) is 127 Å². The third-order valence-electron chi connectivity index (χ3n) is 6.93. The molecular formula is C25H38N2O13. The fourth-order valence-electron chi connectivity index (χ4n) is 4.83. The fraction of sp³-hybridized carbons (Fsp3) is 0.680. The molecule has 3 rings (SSSR count). The highest BCUT2D eigenvalue weighted by Gasteiger charge is 2.52. The first-order valence-corrected chi connectivity index (χ1v) is 12.8. The minimum absolute atomic E-state index is 0.0726. The number of rotatable bonds is 9. The molecule has 10 atom stereocenters. The molecule has 2 aliphatic rings. The van der Waals surface area contributed by atoms with Gasteiger partial charge >= 0.3 is 0 Å². The van der Waals surface area contributed by atoms with E-state index in [1.807, 2.05) is 0 Å². The number of aliphatic hydroxyl groups excluding tert-OH is 5. The number of phenolic OH excluding ortho intramolecular Hbond substituents is 3. The second kappa shape index (κ2) is 13.3. The van der Waals surface area contributed by atoms with Crippen molar-refractivity contribution >= 4 is 11.8 Å². The van der Waals surface area contributed by atoms with Crippen LogP contribution in [0.15, 0.2) is 12.1 Å². The normalized spacial score (nSPS) is 34.4. The molecule has 1 aromatic rings. The van der Waals surface area contributed by atoms with Crippen molar-refractivity contribution in [1.29, 1.82) is 0 Å². The Morgan fingerprint density at radius 3 is 2.15 bits per heavy atom. The van der Waals surface area contributed by atoms with Crippen molar-refractivity contribution in [2.75, 3.05) is 13.2 Å². The topological polar surface area (TPSA) is 248 Å². The van der Waals surface area contributed by atoms with Crippen molar-refractivity contribution in [2.24, 2.45) is 5.92 Å². The molecule has 2 saturated heterocycles. The van der Waals surface area contributed by atoms with Crippen LogP contribution in [0.1, 0.15) is 26.3 Å². The molecule has 10 unspecified atom stereocenters. The Balaban J connectivity index is 1.75. The summed E-state index contributed by atoms with van der Waals surface area (Å²) in [4.78, 5) is 24.8. The summed E-state index contributed by atoms with van der Waals surface area (Å²) in [5.41, 5.74) is 0.366. The smallest absolute Gasteiger partial charge is 0.252 e.